The highest BCUT2D eigenvalue weighted by molar-refractivity contribution is 5.43. The molecule has 0 saturated carbocycles. The molecule has 16 heavy (non-hydrogen) atoms. The zero-order chi connectivity index (χ0) is 12.0. The predicted molar refractivity (Wildman–Crippen MR) is 62.4 cm³/mol. The summed E-state index contributed by atoms with van der Waals surface area (Å²) in [5, 5.41) is 8.97. The Morgan fingerprint density at radius 1 is 1.50 bits per heavy atom. The molecule has 0 radical (unpaired) electrons. The van der Waals surface area contributed by atoms with E-state index < -0.39 is 0 Å². The highest BCUT2D eigenvalue weighted by Crippen LogP contribution is 2.17. The summed E-state index contributed by atoms with van der Waals surface area (Å²) in [6, 6.07) is 3.93. The van der Waals surface area contributed by atoms with Gasteiger partial charge in [0.15, 0.2) is 0 Å². The normalized spacial score (nSPS) is 10.2. The zero-order valence-electron chi connectivity index (χ0n) is 10.0. The molecule has 0 unspecified atom stereocenters. The summed E-state index contributed by atoms with van der Waals surface area (Å²) in [6.07, 6.45) is 2.59. The number of nitrogens with zero attached hydrogens (tertiary/aromatic N) is 3. The van der Waals surface area contributed by atoms with Crippen molar-refractivity contribution in [3.63, 3.8) is 0 Å². The fourth-order valence-corrected chi connectivity index (χ4v) is 1.33. The van der Waals surface area contributed by atoms with Crippen molar-refractivity contribution < 1.29 is 4.74 Å². The summed E-state index contributed by atoms with van der Waals surface area (Å²) in [4.78, 5) is 6.16. The van der Waals surface area contributed by atoms with Crippen molar-refractivity contribution >= 4 is 0 Å². The zero-order valence-corrected chi connectivity index (χ0v) is 10.0. The Kier molecular flexibility index (Phi) is 4.74. The first-order valence-corrected chi connectivity index (χ1v) is 5.28. The molecule has 1 rings (SSSR count). The van der Waals surface area contributed by atoms with E-state index in [0.29, 0.717) is 18.1 Å². The molecule has 0 aliphatic carbocycles. The highest BCUT2D eigenvalue weighted by atomic mass is 16.5. The monoisotopic (exact) mass is 219 g/mol. The van der Waals surface area contributed by atoms with Crippen molar-refractivity contribution in [2.75, 3.05) is 27.2 Å². The number of rotatable bonds is 5. The molecule has 0 saturated heterocycles. The van der Waals surface area contributed by atoms with E-state index in [-0.39, 0.29) is 0 Å². The maximum atomic E-state index is 8.97. The molecule has 0 atom stereocenters. The molecule has 0 fully saturated rings. The minimum Gasteiger partial charge on any atom is -0.477 e. The van der Waals surface area contributed by atoms with Crippen LogP contribution in [0.5, 0.6) is 5.88 Å². The lowest BCUT2D eigenvalue weighted by Crippen LogP contribution is -2.16. The average Bonchev–Trinajstić information content (AvgIpc) is 2.24. The predicted octanol–water partition coefficient (Wildman–Crippen LogP) is 1.59. The van der Waals surface area contributed by atoms with Crippen LogP contribution in [0, 0.1) is 18.3 Å². The second-order valence-electron chi connectivity index (χ2n) is 3.93. The Hall–Kier alpha value is -1.60. The number of hydrogen-bond acceptors (Lipinski definition) is 4. The van der Waals surface area contributed by atoms with E-state index >= 15 is 0 Å². The van der Waals surface area contributed by atoms with Crippen molar-refractivity contribution in [2.45, 2.75) is 13.3 Å². The van der Waals surface area contributed by atoms with E-state index in [2.05, 4.69) is 16.0 Å². The number of nitriles is 1. The summed E-state index contributed by atoms with van der Waals surface area (Å²) >= 11 is 0. The van der Waals surface area contributed by atoms with Gasteiger partial charge in [-0.25, -0.2) is 4.98 Å². The molecule has 4 heteroatoms. The third-order valence-electron chi connectivity index (χ3n) is 2.22. The lowest BCUT2D eigenvalue weighted by molar-refractivity contribution is 0.272. The van der Waals surface area contributed by atoms with Gasteiger partial charge < -0.3 is 9.64 Å². The van der Waals surface area contributed by atoms with Gasteiger partial charge in [-0.15, -0.1) is 0 Å². The molecule has 1 aromatic heterocycles. The second kappa shape index (κ2) is 6.09. The van der Waals surface area contributed by atoms with Gasteiger partial charge in [-0.3, -0.25) is 0 Å². The van der Waals surface area contributed by atoms with Gasteiger partial charge in [0.2, 0.25) is 5.88 Å². The van der Waals surface area contributed by atoms with Crippen molar-refractivity contribution in [1.82, 2.24) is 9.88 Å². The van der Waals surface area contributed by atoms with Gasteiger partial charge in [0, 0.05) is 12.7 Å². The maximum absolute atomic E-state index is 8.97. The molecule has 0 aliphatic rings. The molecule has 0 bridgehead atoms. The number of ether oxygens (including phenoxy) is 1. The lowest BCUT2D eigenvalue weighted by atomic mass is 10.2. The van der Waals surface area contributed by atoms with E-state index in [1.807, 2.05) is 27.1 Å². The molecule has 1 aromatic rings. The van der Waals surface area contributed by atoms with Gasteiger partial charge in [-0.2, -0.15) is 5.26 Å². The Bertz CT molecular complexity index is 382. The minimum absolute atomic E-state index is 0.446. The molecule has 4 nitrogen and oxygen atoms in total. The Morgan fingerprint density at radius 2 is 2.25 bits per heavy atom. The molecule has 1 heterocycles. The molecule has 0 aliphatic heterocycles. The third kappa shape index (κ3) is 3.52. The molecule has 0 N–H and O–H groups in total. The van der Waals surface area contributed by atoms with Crippen molar-refractivity contribution in [3.05, 3.63) is 23.4 Å². The second-order valence-corrected chi connectivity index (χ2v) is 3.93. The van der Waals surface area contributed by atoms with Crippen molar-refractivity contribution in [2.24, 2.45) is 0 Å². The van der Waals surface area contributed by atoms with Crippen LogP contribution in [0.4, 0.5) is 0 Å². The van der Waals surface area contributed by atoms with Crippen LogP contribution < -0.4 is 4.74 Å². The van der Waals surface area contributed by atoms with E-state index in [9.17, 15) is 0 Å². The Morgan fingerprint density at radius 3 is 2.88 bits per heavy atom. The SMILES string of the molecule is Cc1ccnc(OCCCN(C)C)c1C#N. The number of hydrogen-bond donors (Lipinski definition) is 0. The first-order valence-electron chi connectivity index (χ1n) is 5.28. The molecular weight excluding hydrogens is 202 g/mol. The van der Waals surface area contributed by atoms with Crippen LogP contribution in [0.25, 0.3) is 0 Å². The first-order chi connectivity index (χ1) is 7.65. The van der Waals surface area contributed by atoms with Gasteiger partial charge >= 0.3 is 0 Å². The topological polar surface area (TPSA) is 49.1 Å². The van der Waals surface area contributed by atoms with Crippen LogP contribution in [0.15, 0.2) is 12.3 Å². The minimum atomic E-state index is 0.446. The van der Waals surface area contributed by atoms with Crippen LogP contribution in [-0.2, 0) is 0 Å². The van der Waals surface area contributed by atoms with Crippen LogP contribution >= 0.6 is 0 Å². The Labute approximate surface area is 96.5 Å². The van der Waals surface area contributed by atoms with Crippen LogP contribution in [0.3, 0.4) is 0 Å². The first kappa shape index (κ1) is 12.5. The summed E-state index contributed by atoms with van der Waals surface area (Å²) in [7, 11) is 4.04. The maximum Gasteiger partial charge on any atom is 0.231 e. The number of aromatic nitrogens is 1. The fourth-order valence-electron chi connectivity index (χ4n) is 1.33. The Balaban J connectivity index is 2.54. The molecule has 0 amide bonds. The van der Waals surface area contributed by atoms with E-state index in [4.69, 9.17) is 10.00 Å². The van der Waals surface area contributed by atoms with Crippen LogP contribution in [0.1, 0.15) is 17.5 Å². The van der Waals surface area contributed by atoms with Gasteiger partial charge in [0.05, 0.1) is 6.61 Å². The van der Waals surface area contributed by atoms with E-state index in [1.54, 1.807) is 6.20 Å². The summed E-state index contributed by atoms with van der Waals surface area (Å²) in [5.41, 5.74) is 1.44. The van der Waals surface area contributed by atoms with Gasteiger partial charge in [0.1, 0.15) is 11.6 Å². The average molecular weight is 219 g/mol. The van der Waals surface area contributed by atoms with Gasteiger partial charge in [-0.1, -0.05) is 0 Å². The van der Waals surface area contributed by atoms with Gasteiger partial charge in [-0.05, 0) is 39.1 Å². The van der Waals surface area contributed by atoms with E-state index in [0.717, 1.165) is 18.5 Å². The van der Waals surface area contributed by atoms with Crippen LogP contribution in [-0.4, -0.2) is 37.1 Å². The lowest BCUT2D eigenvalue weighted by Gasteiger charge is -2.10. The van der Waals surface area contributed by atoms with Crippen molar-refractivity contribution in [3.8, 4) is 11.9 Å². The molecule has 86 valence electrons. The summed E-state index contributed by atoms with van der Waals surface area (Å²) in [5.74, 6) is 0.446. The number of aryl methyl sites for hydroxylation is 1. The molecule has 0 spiro atoms. The smallest absolute Gasteiger partial charge is 0.231 e. The fraction of sp³-hybridized carbons (Fsp3) is 0.500. The van der Waals surface area contributed by atoms with Crippen molar-refractivity contribution in [1.29, 1.82) is 5.26 Å². The molecular formula is C12H17N3O. The van der Waals surface area contributed by atoms with E-state index in [1.165, 1.54) is 0 Å². The van der Waals surface area contributed by atoms with Crippen LogP contribution in [0.2, 0.25) is 0 Å². The largest absolute Gasteiger partial charge is 0.477 e. The van der Waals surface area contributed by atoms with Gasteiger partial charge in [0.25, 0.3) is 0 Å². The summed E-state index contributed by atoms with van der Waals surface area (Å²) < 4.78 is 5.50. The third-order valence-corrected chi connectivity index (χ3v) is 2.22. The highest BCUT2D eigenvalue weighted by Gasteiger charge is 2.07. The number of pyridine rings is 1. The molecule has 0 aromatic carbocycles. The quantitative estimate of drug-likeness (QED) is 0.706. The summed E-state index contributed by atoms with van der Waals surface area (Å²) in [6.45, 7) is 3.43. The standard InChI is InChI=1S/C12H17N3O/c1-10-5-6-14-12(11(10)9-13)16-8-4-7-15(2)3/h5-6H,4,7-8H2,1-3H3.